The van der Waals surface area contributed by atoms with Crippen molar-refractivity contribution in [3.63, 3.8) is 0 Å². The van der Waals surface area contributed by atoms with Crippen molar-refractivity contribution in [2.24, 2.45) is 0 Å². The van der Waals surface area contributed by atoms with Crippen LogP contribution in [0.15, 0.2) is 30.4 Å². The summed E-state index contributed by atoms with van der Waals surface area (Å²) in [6.07, 6.45) is 12.8. The first-order chi connectivity index (χ1) is 9.77. The minimum Gasteiger partial charge on any atom is -0.339 e. The summed E-state index contributed by atoms with van der Waals surface area (Å²) in [5.74, 6) is 0.214. The van der Waals surface area contributed by atoms with Gasteiger partial charge in [0, 0.05) is 18.7 Å². The van der Waals surface area contributed by atoms with Gasteiger partial charge in [-0.1, -0.05) is 36.4 Å². The van der Waals surface area contributed by atoms with Gasteiger partial charge in [0.25, 0.3) is 5.91 Å². The molecule has 0 atom stereocenters. The van der Waals surface area contributed by atoms with E-state index in [2.05, 4.69) is 30.4 Å². The Balaban J connectivity index is 2.02. The highest BCUT2D eigenvalue weighted by molar-refractivity contribution is 6.00. The molecule has 1 aromatic rings. The molecule has 2 heteroatoms. The van der Waals surface area contributed by atoms with Gasteiger partial charge in [-0.25, -0.2) is 0 Å². The zero-order valence-corrected chi connectivity index (χ0v) is 12.1. The van der Waals surface area contributed by atoms with Crippen LogP contribution < -0.4 is 0 Å². The number of hydrogen-bond acceptors (Lipinski definition) is 1. The van der Waals surface area contributed by atoms with Crippen molar-refractivity contribution in [1.82, 2.24) is 4.90 Å². The van der Waals surface area contributed by atoms with E-state index in [1.54, 1.807) is 0 Å². The fourth-order valence-electron chi connectivity index (χ4n) is 3.10. The lowest BCUT2D eigenvalue weighted by atomic mass is 9.93. The molecule has 1 aliphatic carbocycles. The van der Waals surface area contributed by atoms with Crippen LogP contribution in [0.25, 0.3) is 6.08 Å². The van der Waals surface area contributed by atoms with Crippen LogP contribution in [-0.2, 0) is 6.42 Å². The average molecular weight is 267 g/mol. The molecule has 2 aliphatic rings. The van der Waals surface area contributed by atoms with Crippen LogP contribution in [0, 0.1) is 6.92 Å². The van der Waals surface area contributed by atoms with Crippen LogP contribution in [0.4, 0.5) is 0 Å². The van der Waals surface area contributed by atoms with E-state index in [4.69, 9.17) is 0 Å². The molecular weight excluding hydrogens is 246 g/mol. The van der Waals surface area contributed by atoms with Crippen LogP contribution in [0.1, 0.15) is 46.3 Å². The number of fused-ring (bicyclic) bond motifs is 1. The molecule has 1 fully saturated rings. The minimum atomic E-state index is 0.214. The molecule has 2 nitrogen and oxygen atoms in total. The molecule has 1 heterocycles. The molecule has 1 aromatic carbocycles. The summed E-state index contributed by atoms with van der Waals surface area (Å²) in [7, 11) is 0. The molecule has 0 aromatic heterocycles. The van der Waals surface area contributed by atoms with Crippen molar-refractivity contribution in [2.75, 3.05) is 13.1 Å². The fraction of sp³-hybridized carbons (Fsp3) is 0.389. The maximum atomic E-state index is 12.9. The number of allylic oxidation sites excluding steroid dienone is 3. The van der Waals surface area contributed by atoms with E-state index in [1.165, 1.54) is 12.0 Å². The number of rotatable bonds is 1. The van der Waals surface area contributed by atoms with Crippen molar-refractivity contribution in [1.29, 1.82) is 0 Å². The van der Waals surface area contributed by atoms with E-state index < -0.39 is 0 Å². The molecule has 1 aliphatic heterocycles. The summed E-state index contributed by atoms with van der Waals surface area (Å²) >= 11 is 0. The van der Waals surface area contributed by atoms with Crippen molar-refractivity contribution < 1.29 is 4.79 Å². The highest BCUT2D eigenvalue weighted by atomic mass is 16.2. The molecule has 1 saturated heterocycles. The van der Waals surface area contributed by atoms with E-state index in [1.807, 2.05) is 17.9 Å². The van der Waals surface area contributed by atoms with Crippen molar-refractivity contribution in [3.05, 3.63) is 52.6 Å². The normalized spacial score (nSPS) is 17.8. The van der Waals surface area contributed by atoms with E-state index >= 15 is 0 Å². The quantitative estimate of drug-likeness (QED) is 0.759. The SMILES string of the molecule is Cc1ccc2c(c1C(=O)N1CCCCC1)C=CC=CC2. The van der Waals surface area contributed by atoms with Crippen molar-refractivity contribution in [2.45, 2.75) is 32.6 Å². The summed E-state index contributed by atoms with van der Waals surface area (Å²) in [6, 6.07) is 4.24. The average Bonchev–Trinajstić information content (AvgIpc) is 2.73. The number of piperidine rings is 1. The molecule has 0 bridgehead atoms. The fourth-order valence-corrected chi connectivity index (χ4v) is 3.10. The highest BCUT2D eigenvalue weighted by Crippen LogP contribution is 2.26. The summed E-state index contributed by atoms with van der Waals surface area (Å²) in [5, 5.41) is 0. The summed E-state index contributed by atoms with van der Waals surface area (Å²) in [6.45, 7) is 3.86. The van der Waals surface area contributed by atoms with E-state index in [0.717, 1.165) is 49.0 Å². The number of benzene rings is 1. The molecule has 104 valence electrons. The summed E-state index contributed by atoms with van der Waals surface area (Å²) < 4.78 is 0. The Morgan fingerprint density at radius 2 is 1.90 bits per heavy atom. The first kappa shape index (κ1) is 13.2. The molecule has 20 heavy (non-hydrogen) atoms. The Bertz CT molecular complexity index is 577. The van der Waals surface area contributed by atoms with Gasteiger partial charge in [-0.15, -0.1) is 0 Å². The number of carbonyl (C=O) groups excluding carboxylic acids is 1. The Hall–Kier alpha value is -1.83. The third kappa shape index (κ3) is 2.43. The predicted molar refractivity (Wildman–Crippen MR) is 82.8 cm³/mol. The number of nitrogens with zero attached hydrogens (tertiary/aromatic N) is 1. The molecule has 0 saturated carbocycles. The van der Waals surface area contributed by atoms with Gasteiger partial charge in [0.1, 0.15) is 0 Å². The Morgan fingerprint density at radius 1 is 1.10 bits per heavy atom. The standard InChI is InChI=1S/C18H21NO/c1-14-10-11-15-8-4-2-5-9-16(15)17(14)18(20)19-12-6-3-7-13-19/h2,4-5,9-11H,3,6-8,12-13H2,1H3. The third-order valence-electron chi connectivity index (χ3n) is 4.25. The minimum absolute atomic E-state index is 0.214. The van der Waals surface area contributed by atoms with Gasteiger partial charge < -0.3 is 4.90 Å². The number of hydrogen-bond donors (Lipinski definition) is 0. The van der Waals surface area contributed by atoms with E-state index in [-0.39, 0.29) is 5.91 Å². The van der Waals surface area contributed by atoms with Crippen LogP contribution in [-0.4, -0.2) is 23.9 Å². The lowest BCUT2D eigenvalue weighted by Crippen LogP contribution is -2.36. The van der Waals surface area contributed by atoms with E-state index in [9.17, 15) is 4.79 Å². The van der Waals surface area contributed by atoms with Crippen LogP contribution in [0.3, 0.4) is 0 Å². The molecule has 0 radical (unpaired) electrons. The van der Waals surface area contributed by atoms with Crippen molar-refractivity contribution in [3.8, 4) is 0 Å². The second-order valence-electron chi connectivity index (χ2n) is 5.67. The highest BCUT2D eigenvalue weighted by Gasteiger charge is 2.23. The smallest absolute Gasteiger partial charge is 0.254 e. The summed E-state index contributed by atoms with van der Waals surface area (Å²) in [4.78, 5) is 14.9. The topological polar surface area (TPSA) is 20.3 Å². The monoisotopic (exact) mass is 267 g/mol. The van der Waals surface area contributed by atoms with Gasteiger partial charge in [0.2, 0.25) is 0 Å². The number of aryl methyl sites for hydroxylation is 1. The van der Waals surface area contributed by atoms with Crippen LogP contribution in [0.2, 0.25) is 0 Å². The zero-order valence-electron chi connectivity index (χ0n) is 12.1. The Kier molecular flexibility index (Phi) is 3.72. The Morgan fingerprint density at radius 3 is 2.70 bits per heavy atom. The molecular formula is C18H21NO. The third-order valence-corrected chi connectivity index (χ3v) is 4.25. The number of amides is 1. The second kappa shape index (κ2) is 5.66. The molecule has 0 unspecified atom stereocenters. The van der Waals surface area contributed by atoms with Gasteiger partial charge in [-0.3, -0.25) is 4.79 Å². The van der Waals surface area contributed by atoms with Crippen LogP contribution >= 0.6 is 0 Å². The van der Waals surface area contributed by atoms with Gasteiger partial charge >= 0.3 is 0 Å². The van der Waals surface area contributed by atoms with Gasteiger partial charge in [-0.05, 0) is 49.3 Å². The van der Waals surface area contributed by atoms with Gasteiger partial charge in [0.05, 0.1) is 0 Å². The molecule has 3 rings (SSSR count). The molecule has 0 N–H and O–H groups in total. The maximum Gasteiger partial charge on any atom is 0.254 e. The lowest BCUT2D eigenvalue weighted by molar-refractivity contribution is 0.0723. The van der Waals surface area contributed by atoms with E-state index in [0.29, 0.717) is 0 Å². The van der Waals surface area contributed by atoms with Crippen molar-refractivity contribution >= 4 is 12.0 Å². The number of likely N-dealkylation sites (tertiary alicyclic amines) is 1. The predicted octanol–water partition coefficient (Wildman–Crippen LogP) is 3.75. The zero-order chi connectivity index (χ0) is 13.9. The maximum absolute atomic E-state index is 12.9. The second-order valence-corrected chi connectivity index (χ2v) is 5.67. The molecule has 0 spiro atoms. The number of carbonyl (C=O) groups is 1. The molecule has 1 amide bonds. The Labute approximate surface area is 120 Å². The van der Waals surface area contributed by atoms with Gasteiger partial charge in [-0.2, -0.15) is 0 Å². The largest absolute Gasteiger partial charge is 0.339 e. The first-order valence-electron chi connectivity index (χ1n) is 7.52. The summed E-state index contributed by atoms with van der Waals surface area (Å²) in [5.41, 5.74) is 4.36. The van der Waals surface area contributed by atoms with Gasteiger partial charge in [0.15, 0.2) is 0 Å². The van der Waals surface area contributed by atoms with Crippen LogP contribution in [0.5, 0.6) is 0 Å². The lowest BCUT2D eigenvalue weighted by Gasteiger charge is -2.28. The first-order valence-corrected chi connectivity index (χ1v) is 7.52.